The van der Waals surface area contributed by atoms with Crippen LogP contribution in [0.5, 0.6) is 0 Å². The van der Waals surface area contributed by atoms with Crippen LogP contribution in [0.25, 0.3) is 0 Å². The van der Waals surface area contributed by atoms with E-state index in [0.717, 1.165) is 25.9 Å². The van der Waals surface area contributed by atoms with E-state index in [0.29, 0.717) is 11.1 Å². The second-order valence-electron chi connectivity index (χ2n) is 4.77. The van der Waals surface area contributed by atoms with Crippen molar-refractivity contribution in [1.82, 2.24) is 10.6 Å². The average Bonchev–Trinajstić information content (AvgIpc) is 2.39. The van der Waals surface area contributed by atoms with Crippen molar-refractivity contribution in [3.8, 4) is 0 Å². The molecule has 1 fully saturated rings. The predicted octanol–water partition coefficient (Wildman–Crippen LogP) is 1.39. The highest BCUT2D eigenvalue weighted by atomic mass is 16.6. The lowest BCUT2D eigenvalue weighted by atomic mass is 10.0. The van der Waals surface area contributed by atoms with Crippen molar-refractivity contribution < 1.29 is 9.72 Å². The van der Waals surface area contributed by atoms with E-state index in [2.05, 4.69) is 10.6 Å². The first-order valence-corrected chi connectivity index (χ1v) is 6.34. The maximum atomic E-state index is 12.1. The molecule has 0 saturated carbocycles. The smallest absolute Gasteiger partial charge is 0.269 e. The number of carbonyl (C=O) groups excluding carboxylic acids is 1. The average molecular weight is 263 g/mol. The van der Waals surface area contributed by atoms with Crippen LogP contribution in [-0.2, 0) is 0 Å². The largest absolute Gasteiger partial charge is 0.348 e. The van der Waals surface area contributed by atoms with Gasteiger partial charge < -0.3 is 10.6 Å². The van der Waals surface area contributed by atoms with Gasteiger partial charge in [-0.25, -0.2) is 0 Å². The molecule has 1 heterocycles. The van der Waals surface area contributed by atoms with Gasteiger partial charge in [-0.3, -0.25) is 14.9 Å². The normalized spacial score (nSPS) is 18.9. The first-order chi connectivity index (χ1) is 9.08. The minimum atomic E-state index is -0.459. The molecule has 2 N–H and O–H groups in total. The zero-order valence-electron chi connectivity index (χ0n) is 10.8. The number of benzene rings is 1. The summed E-state index contributed by atoms with van der Waals surface area (Å²) >= 11 is 0. The lowest BCUT2D eigenvalue weighted by Gasteiger charge is -2.24. The van der Waals surface area contributed by atoms with Crippen LogP contribution < -0.4 is 10.6 Å². The van der Waals surface area contributed by atoms with E-state index in [-0.39, 0.29) is 17.6 Å². The maximum absolute atomic E-state index is 12.1. The lowest BCUT2D eigenvalue weighted by Crippen LogP contribution is -2.45. The fourth-order valence-corrected chi connectivity index (χ4v) is 2.25. The van der Waals surface area contributed by atoms with Crippen LogP contribution in [0.2, 0.25) is 0 Å². The summed E-state index contributed by atoms with van der Waals surface area (Å²) in [6, 6.07) is 4.43. The molecule has 1 unspecified atom stereocenters. The van der Waals surface area contributed by atoms with Crippen LogP contribution in [0.15, 0.2) is 18.2 Å². The number of non-ortho nitro benzene ring substituents is 1. The quantitative estimate of drug-likeness (QED) is 0.637. The van der Waals surface area contributed by atoms with Crippen LogP contribution in [-0.4, -0.2) is 30.0 Å². The zero-order valence-corrected chi connectivity index (χ0v) is 10.8. The number of piperidine rings is 1. The second kappa shape index (κ2) is 5.79. The van der Waals surface area contributed by atoms with Gasteiger partial charge in [0.05, 0.1) is 4.92 Å². The molecule has 6 nitrogen and oxygen atoms in total. The van der Waals surface area contributed by atoms with Gasteiger partial charge in [0.1, 0.15) is 0 Å². The Labute approximate surface area is 111 Å². The van der Waals surface area contributed by atoms with E-state index in [1.165, 1.54) is 18.2 Å². The lowest BCUT2D eigenvalue weighted by molar-refractivity contribution is -0.384. The number of carbonyl (C=O) groups is 1. The standard InChI is InChI=1S/C13H17N3O3/c1-9-7-11(16(18)19)4-5-12(9)13(17)15-10-3-2-6-14-8-10/h4-5,7,10,14H,2-3,6,8H2,1H3,(H,15,17). The molecule has 1 aliphatic heterocycles. The highest BCUT2D eigenvalue weighted by Crippen LogP contribution is 2.17. The van der Waals surface area contributed by atoms with Gasteiger partial charge in [-0.2, -0.15) is 0 Å². The number of nitrogens with one attached hydrogen (secondary N) is 2. The third-order valence-electron chi connectivity index (χ3n) is 3.30. The molecule has 0 radical (unpaired) electrons. The summed E-state index contributed by atoms with van der Waals surface area (Å²) < 4.78 is 0. The highest BCUT2D eigenvalue weighted by Gasteiger charge is 2.18. The molecule has 2 rings (SSSR count). The summed E-state index contributed by atoms with van der Waals surface area (Å²) in [7, 11) is 0. The third-order valence-corrected chi connectivity index (χ3v) is 3.30. The van der Waals surface area contributed by atoms with Gasteiger partial charge >= 0.3 is 0 Å². The topological polar surface area (TPSA) is 84.3 Å². The Kier molecular flexibility index (Phi) is 4.11. The van der Waals surface area contributed by atoms with Gasteiger partial charge in [0.2, 0.25) is 0 Å². The SMILES string of the molecule is Cc1cc([N+](=O)[O-])ccc1C(=O)NC1CCCNC1. The van der Waals surface area contributed by atoms with Crippen molar-refractivity contribution in [2.45, 2.75) is 25.8 Å². The molecule has 1 saturated heterocycles. The summed E-state index contributed by atoms with van der Waals surface area (Å²) in [6.45, 7) is 3.47. The van der Waals surface area contributed by atoms with Gasteiger partial charge in [-0.1, -0.05) is 0 Å². The molecule has 1 aliphatic rings. The molecular formula is C13H17N3O3. The molecule has 1 atom stereocenters. The fourth-order valence-electron chi connectivity index (χ4n) is 2.25. The van der Waals surface area contributed by atoms with E-state index in [9.17, 15) is 14.9 Å². The Morgan fingerprint density at radius 1 is 1.53 bits per heavy atom. The second-order valence-corrected chi connectivity index (χ2v) is 4.77. The van der Waals surface area contributed by atoms with Crippen molar-refractivity contribution in [1.29, 1.82) is 0 Å². The van der Waals surface area contributed by atoms with Crippen molar-refractivity contribution in [2.24, 2.45) is 0 Å². The number of nitro benzene ring substituents is 1. The monoisotopic (exact) mass is 263 g/mol. The Morgan fingerprint density at radius 2 is 2.32 bits per heavy atom. The Hall–Kier alpha value is -1.95. The molecular weight excluding hydrogens is 246 g/mol. The number of aryl methyl sites for hydroxylation is 1. The van der Waals surface area contributed by atoms with Crippen LogP contribution in [0.4, 0.5) is 5.69 Å². The van der Waals surface area contributed by atoms with Crippen LogP contribution in [0.1, 0.15) is 28.8 Å². The van der Waals surface area contributed by atoms with Crippen molar-refractivity contribution >= 4 is 11.6 Å². The number of amides is 1. The van der Waals surface area contributed by atoms with Crippen molar-refractivity contribution in [3.05, 3.63) is 39.4 Å². The van der Waals surface area contributed by atoms with Crippen molar-refractivity contribution in [3.63, 3.8) is 0 Å². The zero-order chi connectivity index (χ0) is 13.8. The van der Waals surface area contributed by atoms with E-state index < -0.39 is 4.92 Å². The van der Waals surface area contributed by atoms with Gasteiger partial charge in [0, 0.05) is 30.3 Å². The van der Waals surface area contributed by atoms with E-state index in [4.69, 9.17) is 0 Å². The Bertz CT molecular complexity index is 496. The summed E-state index contributed by atoms with van der Waals surface area (Å²) in [5, 5.41) is 16.8. The third kappa shape index (κ3) is 3.29. The molecule has 1 aromatic carbocycles. The molecule has 1 aromatic rings. The van der Waals surface area contributed by atoms with Crippen LogP contribution >= 0.6 is 0 Å². The molecule has 19 heavy (non-hydrogen) atoms. The number of nitro groups is 1. The fraction of sp³-hybridized carbons (Fsp3) is 0.462. The number of rotatable bonds is 3. The van der Waals surface area contributed by atoms with E-state index in [1.807, 2.05) is 0 Å². The van der Waals surface area contributed by atoms with Gasteiger partial charge in [-0.15, -0.1) is 0 Å². The molecule has 102 valence electrons. The summed E-state index contributed by atoms with van der Waals surface area (Å²) in [5.74, 6) is -0.166. The van der Waals surface area contributed by atoms with E-state index >= 15 is 0 Å². The minimum Gasteiger partial charge on any atom is -0.348 e. The first-order valence-electron chi connectivity index (χ1n) is 6.34. The molecule has 1 amide bonds. The molecule has 0 aromatic heterocycles. The molecule has 0 aliphatic carbocycles. The maximum Gasteiger partial charge on any atom is 0.269 e. The molecule has 0 bridgehead atoms. The Morgan fingerprint density at radius 3 is 2.89 bits per heavy atom. The summed E-state index contributed by atoms with van der Waals surface area (Å²) in [4.78, 5) is 22.3. The van der Waals surface area contributed by atoms with E-state index in [1.54, 1.807) is 6.92 Å². The highest BCUT2D eigenvalue weighted by molar-refractivity contribution is 5.96. The van der Waals surface area contributed by atoms with Gasteiger partial charge in [0.15, 0.2) is 0 Å². The van der Waals surface area contributed by atoms with Crippen molar-refractivity contribution in [2.75, 3.05) is 13.1 Å². The van der Waals surface area contributed by atoms with Crippen LogP contribution in [0.3, 0.4) is 0 Å². The predicted molar refractivity (Wildman–Crippen MR) is 71.2 cm³/mol. The molecule has 0 spiro atoms. The Balaban J connectivity index is 2.08. The molecule has 6 heteroatoms. The van der Waals surface area contributed by atoms with Gasteiger partial charge in [0.25, 0.3) is 11.6 Å². The first kappa shape index (κ1) is 13.5. The minimum absolute atomic E-state index is 0.00776. The van der Waals surface area contributed by atoms with Gasteiger partial charge in [-0.05, 0) is 37.9 Å². The number of hydrogen-bond donors (Lipinski definition) is 2. The summed E-state index contributed by atoms with van der Waals surface area (Å²) in [6.07, 6.45) is 2.01. The number of hydrogen-bond acceptors (Lipinski definition) is 4. The number of nitrogens with zero attached hydrogens (tertiary/aromatic N) is 1. The summed E-state index contributed by atoms with van der Waals surface area (Å²) in [5.41, 5.74) is 1.13. The van der Waals surface area contributed by atoms with Crippen LogP contribution in [0, 0.1) is 17.0 Å².